The fourth-order valence-corrected chi connectivity index (χ4v) is 3.18. The van der Waals surface area contributed by atoms with Gasteiger partial charge in [0.05, 0.1) is 0 Å². The summed E-state index contributed by atoms with van der Waals surface area (Å²) >= 11 is 3.50. The van der Waals surface area contributed by atoms with Crippen molar-refractivity contribution in [1.29, 1.82) is 0 Å². The lowest BCUT2D eigenvalue weighted by Gasteiger charge is -2.12. The summed E-state index contributed by atoms with van der Waals surface area (Å²) < 4.78 is 26.7. The molecule has 1 atom stereocenters. The van der Waals surface area contributed by atoms with Gasteiger partial charge in [-0.05, 0) is 28.8 Å². The fraction of sp³-hybridized carbons (Fsp3) is 0.111. The SMILES string of the molecule is Fc1ccc(C(Br)Cc2ccc3ccccc3c2)c(F)c1. The number of rotatable bonds is 3. The second-order valence-electron chi connectivity index (χ2n) is 5.02. The summed E-state index contributed by atoms with van der Waals surface area (Å²) in [6.45, 7) is 0. The van der Waals surface area contributed by atoms with Crippen molar-refractivity contribution in [3.05, 3.63) is 83.4 Å². The highest BCUT2D eigenvalue weighted by Gasteiger charge is 2.14. The standard InChI is InChI=1S/C18H13BrF2/c19-17(16-8-7-15(20)11-18(16)21)10-12-5-6-13-3-1-2-4-14(13)9-12/h1-9,11,17H,10H2. The Balaban J connectivity index is 1.87. The Kier molecular flexibility index (Phi) is 4.02. The zero-order chi connectivity index (χ0) is 14.8. The van der Waals surface area contributed by atoms with Crippen molar-refractivity contribution in [2.45, 2.75) is 11.2 Å². The van der Waals surface area contributed by atoms with Gasteiger partial charge in [0, 0.05) is 16.5 Å². The van der Waals surface area contributed by atoms with Gasteiger partial charge in [-0.3, -0.25) is 0 Å². The van der Waals surface area contributed by atoms with E-state index in [9.17, 15) is 8.78 Å². The first-order valence-electron chi connectivity index (χ1n) is 6.70. The van der Waals surface area contributed by atoms with Crippen molar-refractivity contribution in [2.75, 3.05) is 0 Å². The van der Waals surface area contributed by atoms with Gasteiger partial charge in [0.25, 0.3) is 0 Å². The molecule has 0 aliphatic heterocycles. The predicted octanol–water partition coefficient (Wildman–Crippen LogP) is 5.80. The van der Waals surface area contributed by atoms with Crippen molar-refractivity contribution >= 4 is 26.7 Å². The summed E-state index contributed by atoms with van der Waals surface area (Å²) in [6, 6.07) is 18.0. The maximum absolute atomic E-state index is 13.8. The molecule has 0 saturated heterocycles. The van der Waals surface area contributed by atoms with E-state index in [-0.39, 0.29) is 4.83 Å². The minimum atomic E-state index is -0.554. The van der Waals surface area contributed by atoms with Crippen molar-refractivity contribution < 1.29 is 8.78 Å². The molecule has 3 aromatic rings. The molecule has 0 heterocycles. The summed E-state index contributed by atoms with van der Waals surface area (Å²) in [4.78, 5) is -0.181. The van der Waals surface area contributed by atoms with Crippen LogP contribution < -0.4 is 0 Å². The zero-order valence-electron chi connectivity index (χ0n) is 11.2. The van der Waals surface area contributed by atoms with Crippen LogP contribution in [-0.4, -0.2) is 0 Å². The van der Waals surface area contributed by atoms with Gasteiger partial charge in [-0.1, -0.05) is 64.5 Å². The van der Waals surface area contributed by atoms with Crippen LogP contribution in [0.25, 0.3) is 10.8 Å². The average molecular weight is 347 g/mol. The third kappa shape index (κ3) is 3.13. The van der Waals surface area contributed by atoms with E-state index in [1.807, 2.05) is 18.2 Å². The predicted molar refractivity (Wildman–Crippen MR) is 85.7 cm³/mol. The van der Waals surface area contributed by atoms with Crippen molar-refractivity contribution in [3.8, 4) is 0 Å². The molecule has 0 aromatic heterocycles. The lowest BCUT2D eigenvalue weighted by molar-refractivity contribution is 0.571. The Morgan fingerprint density at radius 1 is 0.857 bits per heavy atom. The summed E-state index contributed by atoms with van der Waals surface area (Å²) in [6.07, 6.45) is 0.646. The second-order valence-corrected chi connectivity index (χ2v) is 6.12. The van der Waals surface area contributed by atoms with Crippen LogP contribution in [0.5, 0.6) is 0 Å². The molecule has 3 rings (SSSR count). The van der Waals surface area contributed by atoms with E-state index in [2.05, 4.69) is 40.2 Å². The van der Waals surface area contributed by atoms with E-state index in [4.69, 9.17) is 0 Å². The van der Waals surface area contributed by atoms with Crippen LogP contribution >= 0.6 is 15.9 Å². The van der Waals surface area contributed by atoms with Crippen LogP contribution in [0.1, 0.15) is 16.0 Å². The number of halogens is 3. The van der Waals surface area contributed by atoms with Crippen molar-refractivity contribution in [1.82, 2.24) is 0 Å². The Labute approximate surface area is 130 Å². The third-order valence-electron chi connectivity index (χ3n) is 3.53. The molecule has 0 spiro atoms. The van der Waals surface area contributed by atoms with Gasteiger partial charge in [0.1, 0.15) is 11.6 Å². The van der Waals surface area contributed by atoms with E-state index >= 15 is 0 Å². The largest absolute Gasteiger partial charge is 0.207 e. The quantitative estimate of drug-likeness (QED) is 0.526. The summed E-state index contributed by atoms with van der Waals surface area (Å²) in [5.41, 5.74) is 1.59. The fourth-order valence-electron chi connectivity index (χ4n) is 2.44. The summed E-state index contributed by atoms with van der Waals surface area (Å²) in [5.74, 6) is -1.07. The van der Waals surface area contributed by atoms with Gasteiger partial charge >= 0.3 is 0 Å². The molecule has 3 aromatic carbocycles. The highest BCUT2D eigenvalue weighted by Crippen LogP contribution is 2.30. The number of benzene rings is 3. The Morgan fingerprint density at radius 2 is 1.62 bits per heavy atom. The Bertz CT molecular complexity index is 783. The number of alkyl halides is 1. The van der Waals surface area contributed by atoms with Crippen LogP contribution in [0.3, 0.4) is 0 Å². The molecular formula is C18H13BrF2. The maximum atomic E-state index is 13.8. The van der Waals surface area contributed by atoms with Crippen LogP contribution in [0.15, 0.2) is 60.7 Å². The summed E-state index contributed by atoms with van der Waals surface area (Å²) in [7, 11) is 0. The first-order valence-corrected chi connectivity index (χ1v) is 7.62. The molecule has 21 heavy (non-hydrogen) atoms. The lowest BCUT2D eigenvalue weighted by Crippen LogP contribution is -1.99. The molecule has 0 amide bonds. The van der Waals surface area contributed by atoms with E-state index in [1.54, 1.807) is 0 Å². The maximum Gasteiger partial charge on any atom is 0.130 e. The molecule has 0 aliphatic rings. The molecule has 106 valence electrons. The molecule has 0 radical (unpaired) electrons. The molecule has 0 saturated carbocycles. The van der Waals surface area contributed by atoms with Gasteiger partial charge < -0.3 is 0 Å². The van der Waals surface area contributed by atoms with Gasteiger partial charge in [0.2, 0.25) is 0 Å². The highest BCUT2D eigenvalue weighted by atomic mass is 79.9. The molecule has 0 bridgehead atoms. The van der Waals surface area contributed by atoms with E-state index in [1.165, 1.54) is 17.5 Å². The average Bonchev–Trinajstić information content (AvgIpc) is 2.47. The molecule has 1 unspecified atom stereocenters. The Morgan fingerprint density at radius 3 is 2.38 bits per heavy atom. The molecule has 0 N–H and O–H groups in total. The molecular weight excluding hydrogens is 334 g/mol. The second kappa shape index (κ2) is 5.94. The normalized spacial score (nSPS) is 12.5. The van der Waals surface area contributed by atoms with Gasteiger partial charge in [-0.25, -0.2) is 8.78 Å². The van der Waals surface area contributed by atoms with Gasteiger partial charge in [-0.2, -0.15) is 0 Å². The van der Waals surface area contributed by atoms with E-state index in [0.29, 0.717) is 12.0 Å². The van der Waals surface area contributed by atoms with E-state index in [0.717, 1.165) is 17.0 Å². The van der Waals surface area contributed by atoms with Gasteiger partial charge in [-0.15, -0.1) is 0 Å². The third-order valence-corrected chi connectivity index (χ3v) is 4.35. The van der Waals surface area contributed by atoms with Crippen LogP contribution in [0.4, 0.5) is 8.78 Å². The van der Waals surface area contributed by atoms with Crippen molar-refractivity contribution in [2.24, 2.45) is 0 Å². The first-order chi connectivity index (χ1) is 10.1. The Hall–Kier alpha value is -1.74. The van der Waals surface area contributed by atoms with Crippen LogP contribution in [0, 0.1) is 11.6 Å². The number of hydrogen-bond donors (Lipinski definition) is 0. The van der Waals surface area contributed by atoms with Gasteiger partial charge in [0.15, 0.2) is 0 Å². The molecule has 0 fully saturated rings. The van der Waals surface area contributed by atoms with Crippen LogP contribution in [0.2, 0.25) is 0 Å². The topological polar surface area (TPSA) is 0 Å². The smallest absolute Gasteiger partial charge is 0.130 e. The monoisotopic (exact) mass is 346 g/mol. The minimum absolute atomic E-state index is 0.181. The highest BCUT2D eigenvalue weighted by molar-refractivity contribution is 9.09. The zero-order valence-corrected chi connectivity index (χ0v) is 12.8. The number of fused-ring (bicyclic) bond motifs is 1. The number of hydrogen-bond acceptors (Lipinski definition) is 0. The molecule has 0 aliphatic carbocycles. The van der Waals surface area contributed by atoms with Crippen molar-refractivity contribution in [3.63, 3.8) is 0 Å². The minimum Gasteiger partial charge on any atom is -0.207 e. The summed E-state index contributed by atoms with van der Waals surface area (Å²) in [5, 5.41) is 2.34. The lowest BCUT2D eigenvalue weighted by atomic mass is 10.0. The molecule has 3 heteroatoms. The van der Waals surface area contributed by atoms with Crippen LogP contribution in [-0.2, 0) is 6.42 Å². The first kappa shape index (κ1) is 14.2. The molecule has 0 nitrogen and oxygen atoms in total. The van der Waals surface area contributed by atoms with E-state index < -0.39 is 11.6 Å².